The molecule has 0 radical (unpaired) electrons. The van der Waals surface area contributed by atoms with Crippen molar-refractivity contribution in [3.63, 3.8) is 0 Å². The van der Waals surface area contributed by atoms with Crippen LogP contribution in [0, 0.1) is 19.7 Å². The molecule has 0 aliphatic rings. The first-order chi connectivity index (χ1) is 12.9. The van der Waals surface area contributed by atoms with Gasteiger partial charge in [0.15, 0.2) is 17.7 Å². The number of anilines is 1. The summed E-state index contributed by atoms with van der Waals surface area (Å²) in [6.45, 7) is 5.25. The van der Waals surface area contributed by atoms with Gasteiger partial charge >= 0.3 is 0 Å². The highest BCUT2D eigenvalue weighted by atomic mass is 19.1. The molecule has 0 aliphatic carbocycles. The van der Waals surface area contributed by atoms with Crippen LogP contribution in [0.4, 0.5) is 10.1 Å². The number of pyridine rings is 1. The van der Waals surface area contributed by atoms with Crippen LogP contribution in [-0.2, 0) is 11.8 Å². The van der Waals surface area contributed by atoms with Gasteiger partial charge in [0.25, 0.3) is 5.91 Å². The number of carbonyl (C=O) groups is 1. The number of rotatable bonds is 5. The number of hydrogen-bond donors (Lipinski definition) is 1. The maximum atomic E-state index is 14.8. The second-order valence-corrected chi connectivity index (χ2v) is 6.28. The van der Waals surface area contributed by atoms with Crippen LogP contribution in [0.1, 0.15) is 18.3 Å². The van der Waals surface area contributed by atoms with Crippen molar-refractivity contribution in [1.29, 1.82) is 0 Å². The molecule has 7 heteroatoms. The fraction of sp³-hybridized carbons (Fsp3) is 0.250. The van der Waals surface area contributed by atoms with Crippen LogP contribution in [0.25, 0.3) is 11.1 Å². The summed E-state index contributed by atoms with van der Waals surface area (Å²) in [6.07, 6.45) is 2.31. The standard InChI is InChI=1S/C20H21FN4O2/c1-12-19(13(2)25(4)24-12)23-20(26)14(3)27-17-9-5-8-16(18(17)21)15-7-6-10-22-11-15/h5-11,14H,1-4H3,(H,23,26). The molecular weight excluding hydrogens is 347 g/mol. The first-order valence-electron chi connectivity index (χ1n) is 8.55. The summed E-state index contributed by atoms with van der Waals surface area (Å²) in [6, 6.07) is 8.32. The van der Waals surface area contributed by atoms with Gasteiger partial charge in [-0.1, -0.05) is 18.2 Å². The molecule has 0 saturated heterocycles. The minimum absolute atomic E-state index is 0.0126. The van der Waals surface area contributed by atoms with E-state index in [-0.39, 0.29) is 11.7 Å². The Morgan fingerprint density at radius 3 is 2.67 bits per heavy atom. The van der Waals surface area contributed by atoms with E-state index >= 15 is 0 Å². The van der Waals surface area contributed by atoms with Gasteiger partial charge in [-0.3, -0.25) is 14.5 Å². The molecule has 1 N–H and O–H groups in total. The molecule has 6 nitrogen and oxygen atoms in total. The van der Waals surface area contributed by atoms with Crippen molar-refractivity contribution >= 4 is 11.6 Å². The number of aryl methyl sites for hydroxylation is 2. The molecule has 1 unspecified atom stereocenters. The number of benzene rings is 1. The summed E-state index contributed by atoms with van der Waals surface area (Å²) in [5.74, 6) is -0.891. The van der Waals surface area contributed by atoms with Crippen LogP contribution in [-0.4, -0.2) is 26.8 Å². The monoisotopic (exact) mass is 368 g/mol. The third-order valence-corrected chi connectivity index (χ3v) is 4.37. The summed E-state index contributed by atoms with van der Waals surface area (Å²) in [4.78, 5) is 16.5. The van der Waals surface area contributed by atoms with Crippen molar-refractivity contribution in [2.24, 2.45) is 7.05 Å². The molecule has 0 bridgehead atoms. The number of aromatic nitrogens is 3. The van der Waals surface area contributed by atoms with Gasteiger partial charge < -0.3 is 10.1 Å². The van der Waals surface area contributed by atoms with Crippen LogP contribution in [0.5, 0.6) is 5.75 Å². The second kappa shape index (κ2) is 7.57. The molecule has 0 aliphatic heterocycles. The highest BCUT2D eigenvalue weighted by molar-refractivity contribution is 5.95. The van der Waals surface area contributed by atoms with Gasteiger partial charge in [0.2, 0.25) is 0 Å². The number of hydrogen-bond acceptors (Lipinski definition) is 4. The number of halogens is 1. The Balaban J connectivity index is 1.78. The zero-order valence-corrected chi connectivity index (χ0v) is 15.7. The number of ether oxygens (including phenoxy) is 1. The quantitative estimate of drug-likeness (QED) is 0.746. The SMILES string of the molecule is Cc1nn(C)c(C)c1NC(=O)C(C)Oc1cccc(-c2cccnc2)c1F. The van der Waals surface area contributed by atoms with Crippen LogP contribution in [0.15, 0.2) is 42.7 Å². The predicted octanol–water partition coefficient (Wildman–Crippen LogP) is 3.64. The summed E-state index contributed by atoms with van der Waals surface area (Å²) in [7, 11) is 1.80. The average molecular weight is 368 g/mol. The highest BCUT2D eigenvalue weighted by Gasteiger charge is 2.21. The molecule has 3 rings (SSSR count). The van der Waals surface area contributed by atoms with Crippen molar-refractivity contribution in [3.05, 3.63) is 59.9 Å². The first-order valence-corrected chi connectivity index (χ1v) is 8.55. The molecular formula is C20H21FN4O2. The van der Waals surface area contributed by atoms with Crippen molar-refractivity contribution in [3.8, 4) is 16.9 Å². The van der Waals surface area contributed by atoms with Gasteiger partial charge in [0.1, 0.15) is 0 Å². The first kappa shape index (κ1) is 18.6. The molecule has 3 aromatic rings. The minimum Gasteiger partial charge on any atom is -0.478 e. The third-order valence-electron chi connectivity index (χ3n) is 4.37. The van der Waals surface area contributed by atoms with Gasteiger partial charge in [-0.25, -0.2) is 4.39 Å². The van der Waals surface area contributed by atoms with E-state index in [0.717, 1.165) is 5.69 Å². The topological polar surface area (TPSA) is 69.0 Å². The summed E-state index contributed by atoms with van der Waals surface area (Å²) < 4.78 is 22.1. The van der Waals surface area contributed by atoms with E-state index in [1.165, 1.54) is 6.07 Å². The maximum absolute atomic E-state index is 14.8. The van der Waals surface area contributed by atoms with Crippen molar-refractivity contribution in [2.45, 2.75) is 26.9 Å². The Morgan fingerprint density at radius 2 is 2.04 bits per heavy atom. The second-order valence-electron chi connectivity index (χ2n) is 6.28. The van der Waals surface area contributed by atoms with Gasteiger partial charge in [-0.15, -0.1) is 0 Å². The third kappa shape index (κ3) is 3.81. The number of nitrogens with zero attached hydrogens (tertiary/aromatic N) is 3. The van der Waals surface area contributed by atoms with E-state index in [0.29, 0.717) is 22.5 Å². The fourth-order valence-corrected chi connectivity index (χ4v) is 2.77. The van der Waals surface area contributed by atoms with E-state index in [4.69, 9.17) is 4.74 Å². The highest BCUT2D eigenvalue weighted by Crippen LogP contribution is 2.29. The Bertz CT molecular complexity index is 970. The smallest absolute Gasteiger partial charge is 0.265 e. The van der Waals surface area contributed by atoms with Crippen molar-refractivity contribution in [1.82, 2.24) is 14.8 Å². The Labute approximate surface area is 157 Å². The van der Waals surface area contributed by atoms with Gasteiger partial charge in [-0.05, 0) is 32.9 Å². The van der Waals surface area contributed by atoms with Gasteiger partial charge in [0.05, 0.1) is 17.1 Å². The molecule has 140 valence electrons. The molecule has 1 aromatic carbocycles. The molecule has 27 heavy (non-hydrogen) atoms. The van der Waals surface area contributed by atoms with Crippen molar-refractivity contribution < 1.29 is 13.9 Å². The number of amides is 1. The molecule has 0 spiro atoms. The lowest BCUT2D eigenvalue weighted by Crippen LogP contribution is -2.30. The predicted molar refractivity (Wildman–Crippen MR) is 101 cm³/mol. The van der Waals surface area contributed by atoms with E-state index in [1.54, 1.807) is 55.3 Å². The van der Waals surface area contributed by atoms with E-state index in [1.807, 2.05) is 13.8 Å². The molecule has 2 heterocycles. The van der Waals surface area contributed by atoms with Crippen LogP contribution < -0.4 is 10.1 Å². The largest absolute Gasteiger partial charge is 0.478 e. The lowest BCUT2D eigenvalue weighted by Gasteiger charge is -2.16. The van der Waals surface area contributed by atoms with Crippen LogP contribution in [0.3, 0.4) is 0 Å². The van der Waals surface area contributed by atoms with E-state index in [2.05, 4.69) is 15.4 Å². The Morgan fingerprint density at radius 1 is 1.26 bits per heavy atom. The molecule has 2 aromatic heterocycles. The van der Waals surface area contributed by atoms with Crippen LogP contribution in [0.2, 0.25) is 0 Å². The zero-order valence-electron chi connectivity index (χ0n) is 15.7. The number of carbonyl (C=O) groups excluding carboxylic acids is 1. The van der Waals surface area contributed by atoms with Gasteiger partial charge in [0, 0.05) is 30.6 Å². The summed E-state index contributed by atoms with van der Waals surface area (Å²) in [5, 5.41) is 7.07. The normalized spacial score (nSPS) is 11.9. The number of nitrogens with one attached hydrogen (secondary N) is 1. The van der Waals surface area contributed by atoms with Crippen LogP contribution >= 0.6 is 0 Å². The maximum Gasteiger partial charge on any atom is 0.265 e. The summed E-state index contributed by atoms with van der Waals surface area (Å²) in [5.41, 5.74) is 3.19. The zero-order chi connectivity index (χ0) is 19.6. The molecule has 0 fully saturated rings. The lowest BCUT2D eigenvalue weighted by molar-refractivity contribution is -0.122. The molecule has 1 amide bonds. The van der Waals surface area contributed by atoms with Gasteiger partial charge in [-0.2, -0.15) is 5.10 Å². The fourth-order valence-electron chi connectivity index (χ4n) is 2.77. The lowest BCUT2D eigenvalue weighted by atomic mass is 10.1. The Hall–Kier alpha value is -3.22. The molecule has 0 saturated carbocycles. The minimum atomic E-state index is -0.886. The Kier molecular flexibility index (Phi) is 5.21. The molecule has 1 atom stereocenters. The van der Waals surface area contributed by atoms with E-state index < -0.39 is 11.9 Å². The average Bonchev–Trinajstić information content (AvgIpc) is 2.90. The summed E-state index contributed by atoms with van der Waals surface area (Å²) >= 11 is 0. The van der Waals surface area contributed by atoms with Crippen molar-refractivity contribution in [2.75, 3.05) is 5.32 Å². The van der Waals surface area contributed by atoms with E-state index in [9.17, 15) is 9.18 Å².